The van der Waals surface area contributed by atoms with Crippen LogP contribution in [0.5, 0.6) is 5.88 Å². The Morgan fingerprint density at radius 2 is 1.96 bits per heavy atom. The Hall–Kier alpha value is -2.14. The monoisotopic (exact) mass is 324 g/mol. The highest BCUT2D eigenvalue weighted by atomic mass is 16.5. The summed E-state index contributed by atoms with van der Waals surface area (Å²) in [5.41, 5.74) is 2.11. The van der Waals surface area contributed by atoms with Gasteiger partial charge in [0.05, 0.1) is 0 Å². The van der Waals surface area contributed by atoms with E-state index in [-0.39, 0.29) is 0 Å². The van der Waals surface area contributed by atoms with Crippen LogP contribution in [0.15, 0.2) is 36.4 Å². The van der Waals surface area contributed by atoms with Gasteiger partial charge in [-0.15, -0.1) is 0 Å². The van der Waals surface area contributed by atoms with Crippen molar-refractivity contribution in [3.63, 3.8) is 0 Å². The maximum absolute atomic E-state index is 5.93. The third-order valence-electron chi connectivity index (χ3n) is 4.93. The van der Waals surface area contributed by atoms with Crippen LogP contribution in [-0.2, 0) is 6.61 Å². The van der Waals surface area contributed by atoms with Gasteiger partial charge in [-0.05, 0) is 38.3 Å². The molecule has 1 aromatic heterocycles. The normalized spacial score (nSPS) is 23.1. The Balaban J connectivity index is 1.55. The molecule has 5 nitrogen and oxygen atoms in total. The second-order valence-corrected chi connectivity index (χ2v) is 6.71. The average molecular weight is 324 g/mol. The van der Waals surface area contributed by atoms with Crippen LogP contribution in [-0.4, -0.2) is 35.1 Å². The van der Waals surface area contributed by atoms with Gasteiger partial charge in [0.15, 0.2) is 0 Å². The first-order chi connectivity index (χ1) is 11.8. The molecule has 24 heavy (non-hydrogen) atoms. The van der Waals surface area contributed by atoms with Crippen LogP contribution in [0.3, 0.4) is 0 Å². The Bertz CT molecular complexity index is 677. The molecule has 3 heterocycles. The molecule has 0 amide bonds. The van der Waals surface area contributed by atoms with E-state index in [1.807, 2.05) is 31.2 Å². The van der Waals surface area contributed by atoms with Gasteiger partial charge in [0.25, 0.3) is 0 Å². The van der Waals surface area contributed by atoms with E-state index in [1.165, 1.54) is 12.8 Å². The molecule has 4 rings (SSSR count). The van der Waals surface area contributed by atoms with E-state index in [0.717, 1.165) is 36.7 Å². The first-order valence-corrected chi connectivity index (χ1v) is 8.81. The van der Waals surface area contributed by atoms with Gasteiger partial charge in [-0.3, -0.25) is 0 Å². The first-order valence-electron chi connectivity index (χ1n) is 8.81. The highest BCUT2D eigenvalue weighted by molar-refractivity contribution is 5.39. The zero-order valence-corrected chi connectivity index (χ0v) is 14.1. The van der Waals surface area contributed by atoms with Gasteiger partial charge in [0.2, 0.25) is 11.8 Å². The number of hydrogen-bond acceptors (Lipinski definition) is 5. The van der Waals surface area contributed by atoms with E-state index in [0.29, 0.717) is 24.6 Å². The van der Waals surface area contributed by atoms with Crippen LogP contribution in [0.25, 0.3) is 0 Å². The summed E-state index contributed by atoms with van der Waals surface area (Å²) in [4.78, 5) is 11.8. The average Bonchev–Trinajstić information content (AvgIpc) is 2.86. The molecular formula is C19H24N4O. The van der Waals surface area contributed by atoms with Crippen molar-refractivity contribution in [2.24, 2.45) is 0 Å². The summed E-state index contributed by atoms with van der Waals surface area (Å²) in [6.07, 6.45) is 3.62. The van der Waals surface area contributed by atoms with Crippen molar-refractivity contribution in [3.8, 4) is 5.88 Å². The SMILES string of the molecule is Cc1cc(OCc2ccccc2)nc(N2C3CCNCC2CC3)n1. The van der Waals surface area contributed by atoms with E-state index < -0.39 is 0 Å². The van der Waals surface area contributed by atoms with E-state index in [4.69, 9.17) is 14.7 Å². The van der Waals surface area contributed by atoms with Gasteiger partial charge in [0.1, 0.15) is 6.61 Å². The van der Waals surface area contributed by atoms with Crippen LogP contribution >= 0.6 is 0 Å². The summed E-state index contributed by atoms with van der Waals surface area (Å²) in [5, 5.41) is 3.53. The zero-order valence-electron chi connectivity index (χ0n) is 14.1. The standard InChI is InChI=1S/C19H24N4O/c1-14-11-18(24-13-15-5-3-2-4-6-15)22-19(21-14)23-16-7-8-17(23)12-20-10-9-16/h2-6,11,16-17,20H,7-10,12-13H2,1H3. The lowest BCUT2D eigenvalue weighted by Crippen LogP contribution is -2.39. The summed E-state index contributed by atoms with van der Waals surface area (Å²) in [7, 11) is 0. The molecule has 2 unspecified atom stereocenters. The van der Waals surface area contributed by atoms with Gasteiger partial charge in [-0.1, -0.05) is 30.3 Å². The highest BCUT2D eigenvalue weighted by Crippen LogP contribution is 2.32. The minimum absolute atomic E-state index is 0.501. The maximum Gasteiger partial charge on any atom is 0.229 e. The van der Waals surface area contributed by atoms with Crippen molar-refractivity contribution < 1.29 is 4.74 Å². The molecule has 2 bridgehead atoms. The van der Waals surface area contributed by atoms with Gasteiger partial charge in [-0.2, -0.15) is 4.98 Å². The van der Waals surface area contributed by atoms with Crippen molar-refractivity contribution in [1.29, 1.82) is 0 Å². The van der Waals surface area contributed by atoms with Gasteiger partial charge >= 0.3 is 0 Å². The molecule has 0 spiro atoms. The lowest BCUT2D eigenvalue weighted by atomic mass is 10.1. The Kier molecular flexibility index (Phi) is 4.34. The number of nitrogens with zero attached hydrogens (tertiary/aromatic N) is 3. The van der Waals surface area contributed by atoms with E-state index >= 15 is 0 Å². The van der Waals surface area contributed by atoms with Gasteiger partial charge < -0.3 is 15.0 Å². The number of anilines is 1. The topological polar surface area (TPSA) is 50.3 Å². The summed E-state index contributed by atoms with van der Waals surface area (Å²) in [6, 6.07) is 13.2. The Labute approximate surface area is 143 Å². The maximum atomic E-state index is 5.93. The second-order valence-electron chi connectivity index (χ2n) is 6.71. The number of benzene rings is 1. The summed E-state index contributed by atoms with van der Waals surface area (Å²) in [5.74, 6) is 1.49. The number of ether oxygens (including phenoxy) is 1. The lowest BCUT2D eigenvalue weighted by molar-refractivity contribution is 0.293. The molecule has 5 heteroatoms. The predicted octanol–water partition coefficient (Wildman–Crippen LogP) is 2.69. The molecule has 2 aliphatic rings. The number of rotatable bonds is 4. The molecule has 2 fully saturated rings. The third kappa shape index (κ3) is 3.22. The molecule has 0 aliphatic carbocycles. The largest absolute Gasteiger partial charge is 0.473 e. The van der Waals surface area contributed by atoms with E-state index in [1.54, 1.807) is 0 Å². The Morgan fingerprint density at radius 3 is 2.83 bits per heavy atom. The molecule has 2 saturated heterocycles. The highest BCUT2D eigenvalue weighted by Gasteiger charge is 2.36. The molecule has 2 aromatic rings. The van der Waals surface area contributed by atoms with Crippen molar-refractivity contribution >= 4 is 5.95 Å². The molecule has 2 atom stereocenters. The fraction of sp³-hybridized carbons (Fsp3) is 0.474. The quantitative estimate of drug-likeness (QED) is 0.937. The van der Waals surface area contributed by atoms with Crippen LogP contribution in [0.1, 0.15) is 30.5 Å². The van der Waals surface area contributed by atoms with Crippen molar-refractivity contribution in [2.45, 2.75) is 44.9 Å². The number of aryl methyl sites for hydroxylation is 1. The molecule has 126 valence electrons. The molecule has 0 saturated carbocycles. The van der Waals surface area contributed by atoms with Crippen molar-refractivity contribution in [2.75, 3.05) is 18.0 Å². The van der Waals surface area contributed by atoms with Crippen LogP contribution < -0.4 is 15.0 Å². The zero-order chi connectivity index (χ0) is 16.4. The summed E-state index contributed by atoms with van der Waals surface area (Å²) >= 11 is 0. The first kappa shape index (κ1) is 15.4. The van der Waals surface area contributed by atoms with Gasteiger partial charge in [-0.25, -0.2) is 4.98 Å². The summed E-state index contributed by atoms with van der Waals surface area (Å²) in [6.45, 7) is 4.65. The minimum Gasteiger partial charge on any atom is -0.473 e. The van der Waals surface area contributed by atoms with Crippen LogP contribution in [0.4, 0.5) is 5.95 Å². The molecule has 1 aromatic carbocycles. The van der Waals surface area contributed by atoms with Crippen LogP contribution in [0, 0.1) is 6.92 Å². The second kappa shape index (κ2) is 6.77. The molecular weight excluding hydrogens is 300 g/mol. The van der Waals surface area contributed by atoms with Crippen molar-refractivity contribution in [1.82, 2.24) is 15.3 Å². The summed E-state index contributed by atoms with van der Waals surface area (Å²) < 4.78 is 5.93. The molecule has 0 radical (unpaired) electrons. The lowest BCUT2D eigenvalue weighted by Gasteiger charge is -2.28. The number of hydrogen-bond donors (Lipinski definition) is 1. The number of fused-ring (bicyclic) bond motifs is 2. The van der Waals surface area contributed by atoms with Crippen molar-refractivity contribution in [3.05, 3.63) is 47.7 Å². The fourth-order valence-electron chi connectivity index (χ4n) is 3.75. The van der Waals surface area contributed by atoms with E-state index in [9.17, 15) is 0 Å². The minimum atomic E-state index is 0.501. The Morgan fingerprint density at radius 1 is 1.12 bits per heavy atom. The molecule has 1 N–H and O–H groups in total. The fourth-order valence-corrected chi connectivity index (χ4v) is 3.75. The predicted molar refractivity (Wildman–Crippen MR) is 94.3 cm³/mol. The number of aromatic nitrogens is 2. The third-order valence-corrected chi connectivity index (χ3v) is 4.93. The molecule has 2 aliphatic heterocycles. The smallest absolute Gasteiger partial charge is 0.229 e. The van der Waals surface area contributed by atoms with Gasteiger partial charge in [0, 0.05) is 30.4 Å². The van der Waals surface area contributed by atoms with E-state index in [2.05, 4.69) is 22.3 Å². The number of nitrogens with one attached hydrogen (secondary N) is 1. The van der Waals surface area contributed by atoms with Crippen LogP contribution in [0.2, 0.25) is 0 Å².